The molecule has 0 saturated carbocycles. The number of furan rings is 2. The Morgan fingerprint density at radius 2 is 2.08 bits per heavy atom. The highest BCUT2D eigenvalue weighted by molar-refractivity contribution is 7.99. The van der Waals surface area contributed by atoms with Crippen LogP contribution in [0, 0.1) is 13.8 Å². The van der Waals surface area contributed by atoms with Gasteiger partial charge in [0.2, 0.25) is 0 Å². The molecule has 1 atom stereocenters. The summed E-state index contributed by atoms with van der Waals surface area (Å²) < 4.78 is 16.5. The third kappa shape index (κ3) is 3.20. The fraction of sp³-hybridized carbons (Fsp3) is 0.278. The van der Waals surface area contributed by atoms with Crippen LogP contribution in [0.1, 0.15) is 35.4 Å². The molecule has 1 unspecified atom stereocenters. The fourth-order valence-corrected chi connectivity index (χ4v) is 3.49. The number of aromatic nitrogens is 1. The second kappa shape index (κ2) is 6.87. The van der Waals surface area contributed by atoms with Crippen LogP contribution in [0.25, 0.3) is 0 Å². The Labute approximate surface area is 154 Å². The molecule has 7 nitrogen and oxygen atoms in total. The van der Waals surface area contributed by atoms with Gasteiger partial charge >= 0.3 is 0 Å². The van der Waals surface area contributed by atoms with Gasteiger partial charge in [-0.3, -0.25) is 4.79 Å². The molecule has 3 aromatic heterocycles. The Kier molecular flexibility index (Phi) is 4.42. The minimum Gasteiger partial charge on any atom is -0.467 e. The maximum absolute atomic E-state index is 12.8. The molecule has 0 radical (unpaired) electrons. The smallest absolute Gasteiger partial charge is 0.256 e. The van der Waals surface area contributed by atoms with Gasteiger partial charge in [0.15, 0.2) is 0 Å². The summed E-state index contributed by atoms with van der Waals surface area (Å²) in [5.41, 5.74) is 1.55. The lowest BCUT2D eigenvalue weighted by Crippen LogP contribution is -2.28. The number of aryl methyl sites for hydroxylation is 2. The molecule has 0 spiro atoms. The first-order chi connectivity index (χ1) is 12.6. The molecule has 3 aromatic rings. The van der Waals surface area contributed by atoms with Gasteiger partial charge in [-0.25, -0.2) is 9.99 Å². The molecule has 8 heteroatoms. The summed E-state index contributed by atoms with van der Waals surface area (Å²) in [6.45, 7) is 3.72. The second-order valence-corrected chi connectivity index (χ2v) is 6.83. The zero-order chi connectivity index (χ0) is 18.1. The van der Waals surface area contributed by atoms with E-state index >= 15 is 0 Å². The molecular formula is C18H17N3O4S. The van der Waals surface area contributed by atoms with Gasteiger partial charge in [-0.05, 0) is 38.1 Å². The molecule has 1 aliphatic rings. The molecule has 0 saturated heterocycles. The van der Waals surface area contributed by atoms with Crippen LogP contribution >= 0.6 is 11.8 Å². The van der Waals surface area contributed by atoms with Gasteiger partial charge in [0.1, 0.15) is 29.0 Å². The molecule has 4 heterocycles. The van der Waals surface area contributed by atoms with Crippen LogP contribution in [0.15, 0.2) is 60.4 Å². The number of thioether (sulfide) groups is 1. The average molecular weight is 371 g/mol. The van der Waals surface area contributed by atoms with Crippen LogP contribution in [-0.2, 0) is 4.79 Å². The number of rotatable bonds is 5. The summed E-state index contributed by atoms with van der Waals surface area (Å²) in [6, 6.07) is 6.99. The lowest BCUT2D eigenvalue weighted by Gasteiger charge is -2.19. The predicted molar refractivity (Wildman–Crippen MR) is 94.9 cm³/mol. The quantitative estimate of drug-likeness (QED) is 0.632. The summed E-state index contributed by atoms with van der Waals surface area (Å²) >= 11 is 1.26. The van der Waals surface area contributed by atoms with Crippen molar-refractivity contribution in [3.8, 4) is 0 Å². The van der Waals surface area contributed by atoms with E-state index in [4.69, 9.17) is 13.3 Å². The standard InChI is InChI=1S/C18H17N3O4S/c1-11-12(2)25-18(19-11)26-10-17(22)21-14(16-6-4-8-24-16)9-13(20-21)15-5-3-7-23-15/h3-8,14H,9-10H2,1-2H3. The lowest BCUT2D eigenvalue weighted by atomic mass is 10.1. The third-order valence-electron chi connectivity index (χ3n) is 4.17. The van der Waals surface area contributed by atoms with E-state index in [2.05, 4.69) is 10.1 Å². The summed E-state index contributed by atoms with van der Waals surface area (Å²) in [5, 5.41) is 6.43. The van der Waals surface area contributed by atoms with Crippen molar-refractivity contribution in [2.24, 2.45) is 5.10 Å². The number of nitrogens with zero attached hydrogens (tertiary/aromatic N) is 3. The lowest BCUT2D eigenvalue weighted by molar-refractivity contribution is -0.130. The first-order valence-electron chi connectivity index (χ1n) is 8.15. The highest BCUT2D eigenvalue weighted by atomic mass is 32.2. The van der Waals surface area contributed by atoms with Gasteiger partial charge in [-0.1, -0.05) is 11.8 Å². The first-order valence-corrected chi connectivity index (χ1v) is 9.14. The molecule has 0 aliphatic carbocycles. The molecule has 26 heavy (non-hydrogen) atoms. The van der Waals surface area contributed by atoms with Crippen molar-refractivity contribution in [2.75, 3.05) is 5.75 Å². The fourth-order valence-electron chi connectivity index (χ4n) is 2.73. The topological polar surface area (TPSA) is 85.0 Å². The largest absolute Gasteiger partial charge is 0.467 e. The zero-order valence-corrected chi connectivity index (χ0v) is 15.2. The predicted octanol–water partition coefficient (Wildman–Crippen LogP) is 3.95. The molecule has 1 amide bonds. The minimum atomic E-state index is -0.286. The van der Waals surface area contributed by atoms with E-state index in [0.29, 0.717) is 23.2 Å². The van der Waals surface area contributed by atoms with E-state index in [-0.39, 0.29) is 17.7 Å². The van der Waals surface area contributed by atoms with Crippen molar-refractivity contribution >= 4 is 23.4 Å². The Morgan fingerprint density at radius 1 is 1.27 bits per heavy atom. The van der Waals surface area contributed by atoms with Crippen molar-refractivity contribution in [1.82, 2.24) is 9.99 Å². The van der Waals surface area contributed by atoms with E-state index < -0.39 is 0 Å². The van der Waals surface area contributed by atoms with Crippen molar-refractivity contribution in [1.29, 1.82) is 0 Å². The Hall–Kier alpha value is -2.74. The van der Waals surface area contributed by atoms with Gasteiger partial charge < -0.3 is 13.3 Å². The maximum atomic E-state index is 12.8. The molecule has 0 bridgehead atoms. The van der Waals surface area contributed by atoms with Crippen LogP contribution in [-0.4, -0.2) is 27.4 Å². The van der Waals surface area contributed by atoms with Crippen LogP contribution in [0.4, 0.5) is 0 Å². The van der Waals surface area contributed by atoms with E-state index in [0.717, 1.165) is 17.2 Å². The monoisotopic (exact) mass is 371 g/mol. The molecule has 0 fully saturated rings. The molecule has 0 N–H and O–H groups in total. The SMILES string of the molecule is Cc1nc(SCC(=O)N2N=C(c3ccco3)CC2c2ccco2)oc1C. The maximum Gasteiger partial charge on any atom is 0.256 e. The van der Waals surface area contributed by atoms with Gasteiger partial charge in [-0.2, -0.15) is 5.10 Å². The van der Waals surface area contributed by atoms with Gasteiger partial charge in [0, 0.05) is 6.42 Å². The number of hydrogen-bond donors (Lipinski definition) is 0. The number of hydrogen-bond acceptors (Lipinski definition) is 7. The highest BCUT2D eigenvalue weighted by Gasteiger charge is 2.35. The van der Waals surface area contributed by atoms with E-state index in [1.54, 1.807) is 24.7 Å². The number of amides is 1. The van der Waals surface area contributed by atoms with Crippen LogP contribution in [0.2, 0.25) is 0 Å². The van der Waals surface area contributed by atoms with Gasteiger partial charge in [0.25, 0.3) is 11.1 Å². The van der Waals surface area contributed by atoms with E-state index in [1.807, 2.05) is 26.0 Å². The van der Waals surface area contributed by atoms with Crippen molar-refractivity contribution in [3.05, 3.63) is 59.8 Å². The second-order valence-electron chi connectivity index (χ2n) is 5.91. The van der Waals surface area contributed by atoms with Gasteiger partial charge in [-0.15, -0.1) is 0 Å². The van der Waals surface area contributed by atoms with Crippen molar-refractivity contribution < 1.29 is 18.0 Å². The number of carbonyl (C=O) groups excluding carboxylic acids is 1. The summed E-state index contributed by atoms with van der Waals surface area (Å²) in [7, 11) is 0. The normalized spacial score (nSPS) is 16.9. The first kappa shape index (κ1) is 16.7. The molecule has 134 valence electrons. The summed E-state index contributed by atoms with van der Waals surface area (Å²) in [4.78, 5) is 17.1. The Balaban J connectivity index is 1.53. The van der Waals surface area contributed by atoms with Crippen LogP contribution in [0.5, 0.6) is 0 Å². The molecule has 4 rings (SSSR count). The van der Waals surface area contributed by atoms with E-state index in [1.165, 1.54) is 16.8 Å². The number of oxazole rings is 1. The Bertz CT molecular complexity index is 908. The zero-order valence-electron chi connectivity index (χ0n) is 14.3. The van der Waals surface area contributed by atoms with Crippen molar-refractivity contribution in [2.45, 2.75) is 31.5 Å². The van der Waals surface area contributed by atoms with Crippen LogP contribution < -0.4 is 0 Å². The van der Waals surface area contributed by atoms with Gasteiger partial charge in [0.05, 0.1) is 24.0 Å². The highest BCUT2D eigenvalue weighted by Crippen LogP contribution is 2.34. The summed E-state index contributed by atoms with van der Waals surface area (Å²) in [5.74, 6) is 2.13. The third-order valence-corrected chi connectivity index (χ3v) is 4.98. The Morgan fingerprint density at radius 3 is 2.73 bits per heavy atom. The summed E-state index contributed by atoms with van der Waals surface area (Å²) in [6.07, 6.45) is 3.72. The molecular weight excluding hydrogens is 354 g/mol. The minimum absolute atomic E-state index is 0.147. The number of hydrazone groups is 1. The van der Waals surface area contributed by atoms with E-state index in [9.17, 15) is 4.79 Å². The average Bonchev–Trinajstić information content (AvgIpc) is 3.40. The van der Waals surface area contributed by atoms with Crippen LogP contribution in [0.3, 0.4) is 0 Å². The van der Waals surface area contributed by atoms with Crippen molar-refractivity contribution in [3.63, 3.8) is 0 Å². The number of carbonyl (C=O) groups is 1. The molecule has 1 aliphatic heterocycles. The molecule has 0 aromatic carbocycles.